The topological polar surface area (TPSA) is 58.1 Å². The van der Waals surface area contributed by atoms with Gasteiger partial charge >= 0.3 is 0 Å². The number of guanidine groups is 1. The van der Waals surface area contributed by atoms with E-state index in [0.717, 1.165) is 56.7 Å². The maximum absolute atomic E-state index is 5.94. The highest BCUT2D eigenvalue weighted by Gasteiger charge is 2.09. The molecule has 0 saturated carbocycles. The minimum absolute atomic E-state index is 0. The van der Waals surface area contributed by atoms with Gasteiger partial charge in [0, 0.05) is 39.8 Å². The quantitative estimate of drug-likeness (QED) is 0.316. The fourth-order valence-electron chi connectivity index (χ4n) is 3.26. The molecule has 0 amide bonds. The van der Waals surface area contributed by atoms with Gasteiger partial charge in [0.25, 0.3) is 0 Å². The summed E-state index contributed by atoms with van der Waals surface area (Å²) in [5, 5.41) is 6.75. The van der Waals surface area contributed by atoms with Crippen LogP contribution in [0.1, 0.15) is 16.7 Å². The maximum atomic E-state index is 5.94. The molecule has 30 heavy (non-hydrogen) atoms. The lowest BCUT2D eigenvalue weighted by molar-refractivity contribution is 0.0322. The molecule has 0 aromatic heterocycles. The zero-order valence-electron chi connectivity index (χ0n) is 17.9. The van der Waals surface area contributed by atoms with Crippen LogP contribution in [0.25, 0.3) is 0 Å². The summed E-state index contributed by atoms with van der Waals surface area (Å²) < 4.78 is 11.3. The molecule has 2 aromatic carbocycles. The van der Waals surface area contributed by atoms with Gasteiger partial charge in [-0.2, -0.15) is 0 Å². The number of aryl methyl sites for hydroxylation is 1. The predicted octanol–water partition coefficient (Wildman–Crippen LogP) is 3.19. The van der Waals surface area contributed by atoms with Gasteiger partial charge in [-0.1, -0.05) is 36.4 Å². The predicted molar refractivity (Wildman–Crippen MR) is 133 cm³/mol. The van der Waals surface area contributed by atoms with Crippen LogP contribution in [0, 0.1) is 6.92 Å². The van der Waals surface area contributed by atoms with Crippen molar-refractivity contribution >= 4 is 29.9 Å². The third kappa shape index (κ3) is 8.12. The molecule has 0 atom stereocenters. The Kier molecular flexibility index (Phi) is 11.0. The smallest absolute Gasteiger partial charge is 0.191 e. The summed E-state index contributed by atoms with van der Waals surface area (Å²) in [6, 6.07) is 16.6. The van der Waals surface area contributed by atoms with E-state index in [4.69, 9.17) is 9.47 Å². The lowest BCUT2D eigenvalue weighted by Gasteiger charge is -2.26. The molecule has 1 aliphatic heterocycles. The Hall–Kier alpha value is -1.84. The second kappa shape index (κ2) is 13.5. The second-order valence-electron chi connectivity index (χ2n) is 7.16. The summed E-state index contributed by atoms with van der Waals surface area (Å²) in [5.74, 6) is 1.69. The summed E-state index contributed by atoms with van der Waals surface area (Å²) in [6.07, 6.45) is 0. The first-order chi connectivity index (χ1) is 14.2. The van der Waals surface area contributed by atoms with Crippen LogP contribution in [0.15, 0.2) is 53.5 Å². The molecule has 6 nitrogen and oxygen atoms in total. The molecule has 0 radical (unpaired) electrons. The largest absolute Gasteiger partial charge is 0.492 e. The van der Waals surface area contributed by atoms with Gasteiger partial charge in [-0.05, 0) is 35.7 Å². The number of hydrogen-bond donors (Lipinski definition) is 2. The van der Waals surface area contributed by atoms with Crippen molar-refractivity contribution in [3.8, 4) is 5.75 Å². The monoisotopic (exact) mass is 524 g/mol. The molecule has 164 valence electrons. The van der Waals surface area contributed by atoms with Crippen LogP contribution in [-0.2, 0) is 17.8 Å². The average molecular weight is 524 g/mol. The van der Waals surface area contributed by atoms with Crippen molar-refractivity contribution in [2.24, 2.45) is 4.99 Å². The fourth-order valence-corrected chi connectivity index (χ4v) is 3.26. The summed E-state index contributed by atoms with van der Waals surface area (Å²) in [7, 11) is 1.79. The van der Waals surface area contributed by atoms with Crippen LogP contribution in [0.4, 0.5) is 0 Å². The zero-order chi connectivity index (χ0) is 20.3. The summed E-state index contributed by atoms with van der Waals surface area (Å²) in [6.45, 7) is 8.80. The third-order valence-corrected chi connectivity index (χ3v) is 5.07. The van der Waals surface area contributed by atoms with Gasteiger partial charge in [-0.3, -0.25) is 9.89 Å². The van der Waals surface area contributed by atoms with Crippen molar-refractivity contribution in [1.82, 2.24) is 15.5 Å². The highest BCUT2D eigenvalue weighted by atomic mass is 127. The number of morpholine rings is 1. The average Bonchev–Trinajstić information content (AvgIpc) is 2.76. The van der Waals surface area contributed by atoms with E-state index in [1.807, 2.05) is 12.1 Å². The Morgan fingerprint density at radius 2 is 1.83 bits per heavy atom. The molecule has 2 aromatic rings. The zero-order valence-corrected chi connectivity index (χ0v) is 20.2. The lowest BCUT2D eigenvalue weighted by Crippen LogP contribution is -2.38. The Morgan fingerprint density at radius 3 is 2.60 bits per heavy atom. The van der Waals surface area contributed by atoms with Gasteiger partial charge in [-0.25, -0.2) is 0 Å². The number of aliphatic imine (C=N–C) groups is 1. The number of nitrogens with one attached hydrogen (secondary N) is 2. The van der Waals surface area contributed by atoms with E-state index in [1.54, 1.807) is 7.05 Å². The normalized spacial score (nSPS) is 14.7. The molecule has 0 bridgehead atoms. The minimum Gasteiger partial charge on any atom is -0.492 e. The molecule has 3 rings (SSSR count). The number of hydrogen-bond acceptors (Lipinski definition) is 4. The molecule has 1 fully saturated rings. The molecule has 0 aliphatic carbocycles. The van der Waals surface area contributed by atoms with E-state index in [-0.39, 0.29) is 24.0 Å². The lowest BCUT2D eigenvalue weighted by atomic mass is 10.1. The third-order valence-electron chi connectivity index (χ3n) is 5.07. The molecule has 1 aliphatic rings. The molecule has 1 heterocycles. The van der Waals surface area contributed by atoms with Crippen LogP contribution in [-0.4, -0.2) is 57.4 Å². The van der Waals surface area contributed by atoms with Gasteiger partial charge in [0.2, 0.25) is 0 Å². The van der Waals surface area contributed by atoms with Crippen LogP contribution >= 0.6 is 24.0 Å². The number of halogens is 1. The van der Waals surface area contributed by atoms with E-state index >= 15 is 0 Å². The summed E-state index contributed by atoms with van der Waals surface area (Å²) >= 11 is 0. The van der Waals surface area contributed by atoms with E-state index in [9.17, 15) is 0 Å². The fraction of sp³-hybridized carbons (Fsp3) is 0.435. The van der Waals surface area contributed by atoms with E-state index in [1.165, 1.54) is 11.1 Å². The first-order valence-electron chi connectivity index (χ1n) is 10.3. The first-order valence-corrected chi connectivity index (χ1v) is 10.3. The highest BCUT2D eigenvalue weighted by Crippen LogP contribution is 2.13. The summed E-state index contributed by atoms with van der Waals surface area (Å²) in [5.41, 5.74) is 3.70. The van der Waals surface area contributed by atoms with Crippen LogP contribution < -0.4 is 15.4 Å². The van der Waals surface area contributed by atoms with Crippen LogP contribution in [0.2, 0.25) is 0 Å². The van der Waals surface area contributed by atoms with Crippen molar-refractivity contribution in [3.05, 3.63) is 65.2 Å². The molecule has 0 unspecified atom stereocenters. The Labute approximate surface area is 197 Å². The van der Waals surface area contributed by atoms with Crippen LogP contribution in [0.5, 0.6) is 5.75 Å². The highest BCUT2D eigenvalue weighted by molar-refractivity contribution is 14.0. The second-order valence-corrected chi connectivity index (χ2v) is 7.16. The first kappa shape index (κ1) is 24.4. The molecular formula is C23H33IN4O2. The van der Waals surface area contributed by atoms with Crippen LogP contribution in [0.3, 0.4) is 0 Å². The number of benzene rings is 2. The number of ether oxygens (including phenoxy) is 2. The molecular weight excluding hydrogens is 491 g/mol. The van der Waals surface area contributed by atoms with Gasteiger partial charge in [0.15, 0.2) is 5.96 Å². The molecule has 1 saturated heterocycles. The molecule has 7 heteroatoms. The van der Waals surface area contributed by atoms with Gasteiger partial charge in [-0.15, -0.1) is 24.0 Å². The molecule has 2 N–H and O–H groups in total. The van der Waals surface area contributed by atoms with Gasteiger partial charge in [0.1, 0.15) is 12.4 Å². The van der Waals surface area contributed by atoms with Crippen molar-refractivity contribution in [3.63, 3.8) is 0 Å². The minimum atomic E-state index is 0. The van der Waals surface area contributed by atoms with E-state index in [2.05, 4.69) is 63.8 Å². The van der Waals surface area contributed by atoms with E-state index < -0.39 is 0 Å². The van der Waals surface area contributed by atoms with Crippen molar-refractivity contribution in [2.75, 3.05) is 46.5 Å². The Bertz CT molecular complexity index is 794. The van der Waals surface area contributed by atoms with Crippen molar-refractivity contribution in [2.45, 2.75) is 20.0 Å². The summed E-state index contributed by atoms with van der Waals surface area (Å²) in [4.78, 5) is 6.69. The van der Waals surface area contributed by atoms with E-state index in [0.29, 0.717) is 13.2 Å². The van der Waals surface area contributed by atoms with Gasteiger partial charge in [0.05, 0.1) is 13.2 Å². The maximum Gasteiger partial charge on any atom is 0.191 e. The van der Waals surface area contributed by atoms with Gasteiger partial charge < -0.3 is 20.1 Å². The SMILES string of the molecule is CN=C(NCc1cccc(OCCN2CCOCC2)c1)NCc1ccccc1C.I. The number of rotatable bonds is 8. The molecule has 0 spiro atoms. The Balaban J connectivity index is 0.00000320. The van der Waals surface area contributed by atoms with Crippen molar-refractivity contribution < 1.29 is 9.47 Å². The Morgan fingerprint density at radius 1 is 1.07 bits per heavy atom. The van der Waals surface area contributed by atoms with Crippen molar-refractivity contribution in [1.29, 1.82) is 0 Å². The number of nitrogens with zero attached hydrogens (tertiary/aromatic N) is 2. The standard InChI is InChI=1S/C23H32N4O2.HI/c1-19-6-3-4-8-21(19)18-26-23(24-2)25-17-20-7-5-9-22(16-20)29-15-12-27-10-13-28-14-11-27;/h3-9,16H,10-15,17-18H2,1-2H3,(H2,24,25,26);1H.